The van der Waals surface area contributed by atoms with Crippen LogP contribution in [0, 0.1) is 0 Å². The molecule has 0 spiro atoms. The predicted octanol–water partition coefficient (Wildman–Crippen LogP) is 1.19. The van der Waals surface area contributed by atoms with Gasteiger partial charge in [-0.3, -0.25) is 0 Å². The third-order valence-electron chi connectivity index (χ3n) is 1.19. The van der Waals surface area contributed by atoms with Crippen LogP contribution in [0.1, 0.15) is 20.8 Å². The fourth-order valence-corrected chi connectivity index (χ4v) is 0.581. The second-order valence-corrected chi connectivity index (χ2v) is 3.59. The highest BCUT2D eigenvalue weighted by Gasteiger charge is 2.22. The Morgan fingerprint density at radius 1 is 1.31 bits per heavy atom. The number of imide groups is 1. The van der Waals surface area contributed by atoms with E-state index in [0.717, 1.165) is 4.90 Å². The Hall–Kier alpha value is -1.26. The van der Waals surface area contributed by atoms with E-state index in [1.54, 1.807) is 20.8 Å². The number of urea groups is 1. The summed E-state index contributed by atoms with van der Waals surface area (Å²) in [6.07, 6.45) is -0.660. The number of carbonyl (C=O) groups excluding carboxylic acids is 2. The number of hydrogen-bond donors (Lipinski definition) is 1. The SMILES string of the molecule is CNC(=O)N(C)C(=O)OC(C)(C)C. The molecule has 0 saturated carbocycles. The predicted molar refractivity (Wildman–Crippen MR) is 48.5 cm³/mol. The molecule has 5 nitrogen and oxygen atoms in total. The Labute approximate surface area is 78.0 Å². The van der Waals surface area contributed by atoms with Crippen molar-refractivity contribution < 1.29 is 14.3 Å². The Morgan fingerprint density at radius 3 is 2.08 bits per heavy atom. The molecule has 0 aliphatic carbocycles. The third-order valence-corrected chi connectivity index (χ3v) is 1.19. The summed E-state index contributed by atoms with van der Waals surface area (Å²) in [7, 11) is 2.80. The van der Waals surface area contributed by atoms with Crippen molar-refractivity contribution in [3.8, 4) is 0 Å². The summed E-state index contributed by atoms with van der Waals surface area (Å²) in [4.78, 5) is 23.0. The molecular formula is C8H16N2O3. The topological polar surface area (TPSA) is 58.6 Å². The van der Waals surface area contributed by atoms with E-state index >= 15 is 0 Å². The molecule has 76 valence electrons. The zero-order chi connectivity index (χ0) is 10.6. The maximum atomic E-state index is 11.2. The van der Waals surface area contributed by atoms with Gasteiger partial charge >= 0.3 is 12.1 Å². The number of ether oxygens (including phenoxy) is 1. The molecule has 0 saturated heterocycles. The van der Waals surface area contributed by atoms with E-state index in [1.165, 1.54) is 14.1 Å². The molecular weight excluding hydrogens is 172 g/mol. The number of hydrogen-bond acceptors (Lipinski definition) is 3. The van der Waals surface area contributed by atoms with Gasteiger partial charge in [0.2, 0.25) is 0 Å². The maximum absolute atomic E-state index is 11.2. The van der Waals surface area contributed by atoms with Crippen molar-refractivity contribution in [3.63, 3.8) is 0 Å². The maximum Gasteiger partial charge on any atom is 0.418 e. The smallest absolute Gasteiger partial charge is 0.418 e. The van der Waals surface area contributed by atoms with Crippen molar-refractivity contribution >= 4 is 12.1 Å². The standard InChI is InChI=1S/C8H16N2O3/c1-8(2,3)13-7(12)10(5)6(11)9-4/h1-5H3,(H,9,11). The van der Waals surface area contributed by atoms with Gasteiger partial charge in [0, 0.05) is 14.1 Å². The number of nitrogens with one attached hydrogen (secondary N) is 1. The second kappa shape index (κ2) is 4.11. The summed E-state index contributed by atoms with van der Waals surface area (Å²) in [6, 6.07) is -0.491. The molecule has 0 unspecified atom stereocenters. The van der Waals surface area contributed by atoms with Crippen molar-refractivity contribution in [2.24, 2.45) is 0 Å². The Kier molecular flexibility index (Phi) is 3.71. The van der Waals surface area contributed by atoms with Crippen molar-refractivity contribution in [1.29, 1.82) is 0 Å². The molecule has 0 radical (unpaired) electrons. The summed E-state index contributed by atoms with van der Waals surface area (Å²) < 4.78 is 4.95. The summed E-state index contributed by atoms with van der Waals surface area (Å²) in [5.74, 6) is 0. The normalized spacial score (nSPS) is 10.5. The van der Waals surface area contributed by atoms with Crippen molar-refractivity contribution in [3.05, 3.63) is 0 Å². The van der Waals surface area contributed by atoms with E-state index in [4.69, 9.17) is 4.74 Å². The molecule has 0 rings (SSSR count). The van der Waals surface area contributed by atoms with Gasteiger partial charge in [0.25, 0.3) is 0 Å². The Balaban J connectivity index is 4.20. The van der Waals surface area contributed by atoms with Crippen LogP contribution in [0.3, 0.4) is 0 Å². The van der Waals surface area contributed by atoms with Gasteiger partial charge < -0.3 is 10.1 Å². The van der Waals surface area contributed by atoms with Crippen LogP contribution in [0.2, 0.25) is 0 Å². The molecule has 0 fully saturated rings. The molecule has 13 heavy (non-hydrogen) atoms. The highest BCUT2D eigenvalue weighted by molar-refractivity contribution is 5.90. The molecule has 0 bridgehead atoms. The molecule has 0 heterocycles. The number of rotatable bonds is 0. The molecule has 0 aromatic carbocycles. The van der Waals surface area contributed by atoms with Crippen LogP contribution in [0.5, 0.6) is 0 Å². The molecule has 0 aliphatic rings. The fraction of sp³-hybridized carbons (Fsp3) is 0.750. The number of nitrogens with zero attached hydrogens (tertiary/aromatic N) is 1. The van der Waals surface area contributed by atoms with Gasteiger partial charge in [0.1, 0.15) is 5.60 Å². The summed E-state index contributed by atoms with van der Waals surface area (Å²) in [5.41, 5.74) is -0.584. The first-order chi connectivity index (χ1) is 5.78. The van der Waals surface area contributed by atoms with Gasteiger partial charge in [0.15, 0.2) is 0 Å². The number of carbonyl (C=O) groups is 2. The Morgan fingerprint density at radius 2 is 1.77 bits per heavy atom. The molecule has 0 atom stereocenters. The van der Waals surface area contributed by atoms with E-state index in [2.05, 4.69) is 5.32 Å². The molecule has 1 N–H and O–H groups in total. The van der Waals surface area contributed by atoms with Crippen LogP contribution in [-0.4, -0.2) is 36.7 Å². The fourth-order valence-electron chi connectivity index (χ4n) is 0.581. The van der Waals surface area contributed by atoms with E-state index in [-0.39, 0.29) is 0 Å². The van der Waals surface area contributed by atoms with E-state index < -0.39 is 17.7 Å². The summed E-state index contributed by atoms with van der Waals surface area (Å²) in [5, 5.41) is 2.32. The van der Waals surface area contributed by atoms with Gasteiger partial charge in [-0.1, -0.05) is 0 Å². The highest BCUT2D eigenvalue weighted by atomic mass is 16.6. The van der Waals surface area contributed by atoms with E-state index in [0.29, 0.717) is 0 Å². The lowest BCUT2D eigenvalue weighted by molar-refractivity contribution is 0.0361. The zero-order valence-electron chi connectivity index (χ0n) is 8.67. The average Bonchev–Trinajstić information content (AvgIpc) is 1.98. The molecule has 0 aliphatic heterocycles. The number of amides is 3. The van der Waals surface area contributed by atoms with Crippen LogP contribution < -0.4 is 5.32 Å². The first-order valence-corrected chi connectivity index (χ1v) is 3.96. The lowest BCUT2D eigenvalue weighted by Crippen LogP contribution is -2.42. The molecule has 0 aromatic rings. The largest absolute Gasteiger partial charge is 0.443 e. The first-order valence-electron chi connectivity index (χ1n) is 3.96. The van der Waals surface area contributed by atoms with Crippen LogP contribution in [-0.2, 0) is 4.74 Å². The molecule has 0 aromatic heterocycles. The van der Waals surface area contributed by atoms with Crippen LogP contribution in [0.15, 0.2) is 0 Å². The average molecular weight is 188 g/mol. The minimum absolute atomic E-state index is 0.491. The molecule has 5 heteroatoms. The van der Waals surface area contributed by atoms with E-state index in [9.17, 15) is 9.59 Å². The third kappa shape index (κ3) is 4.35. The second-order valence-electron chi connectivity index (χ2n) is 3.59. The zero-order valence-corrected chi connectivity index (χ0v) is 8.67. The van der Waals surface area contributed by atoms with Crippen LogP contribution >= 0.6 is 0 Å². The lowest BCUT2D eigenvalue weighted by atomic mass is 10.2. The molecule has 3 amide bonds. The van der Waals surface area contributed by atoms with Gasteiger partial charge in [-0.25, -0.2) is 14.5 Å². The van der Waals surface area contributed by atoms with Crippen molar-refractivity contribution in [2.45, 2.75) is 26.4 Å². The summed E-state index contributed by atoms with van der Waals surface area (Å²) >= 11 is 0. The minimum Gasteiger partial charge on any atom is -0.443 e. The monoisotopic (exact) mass is 188 g/mol. The van der Waals surface area contributed by atoms with Gasteiger partial charge in [0.05, 0.1) is 0 Å². The summed E-state index contributed by atoms with van der Waals surface area (Å²) in [6.45, 7) is 5.22. The lowest BCUT2D eigenvalue weighted by Gasteiger charge is -2.23. The van der Waals surface area contributed by atoms with Crippen molar-refractivity contribution in [2.75, 3.05) is 14.1 Å². The van der Waals surface area contributed by atoms with Gasteiger partial charge in [-0.15, -0.1) is 0 Å². The minimum atomic E-state index is -0.660. The van der Waals surface area contributed by atoms with Gasteiger partial charge in [-0.05, 0) is 20.8 Å². The van der Waals surface area contributed by atoms with Crippen LogP contribution in [0.25, 0.3) is 0 Å². The Bertz CT molecular complexity index is 208. The van der Waals surface area contributed by atoms with Crippen LogP contribution in [0.4, 0.5) is 9.59 Å². The van der Waals surface area contributed by atoms with Crippen molar-refractivity contribution in [1.82, 2.24) is 10.2 Å². The quantitative estimate of drug-likeness (QED) is 0.621. The highest BCUT2D eigenvalue weighted by Crippen LogP contribution is 2.08. The van der Waals surface area contributed by atoms with E-state index in [1.807, 2.05) is 0 Å². The first kappa shape index (κ1) is 11.7. The van der Waals surface area contributed by atoms with Gasteiger partial charge in [-0.2, -0.15) is 0 Å².